The van der Waals surface area contributed by atoms with Crippen LogP contribution in [0.15, 0.2) is 84.1 Å². The fourth-order valence-electron chi connectivity index (χ4n) is 3.99. The number of amides is 2. The highest BCUT2D eigenvalue weighted by molar-refractivity contribution is 6.11. The average molecular weight is 487 g/mol. The van der Waals surface area contributed by atoms with Gasteiger partial charge < -0.3 is 24.8 Å². The molecule has 36 heavy (non-hydrogen) atoms. The number of esters is 1. The van der Waals surface area contributed by atoms with Gasteiger partial charge in [-0.15, -0.1) is 0 Å². The van der Waals surface area contributed by atoms with Crippen molar-refractivity contribution in [2.24, 2.45) is 0 Å². The molecule has 1 heterocycles. The second-order valence-corrected chi connectivity index (χ2v) is 8.15. The lowest BCUT2D eigenvalue weighted by Gasteiger charge is -2.29. The Bertz CT molecular complexity index is 1320. The second-order valence-electron chi connectivity index (χ2n) is 8.15. The van der Waals surface area contributed by atoms with Crippen molar-refractivity contribution >= 4 is 17.8 Å². The van der Waals surface area contributed by atoms with E-state index >= 15 is 0 Å². The Labute approximate surface area is 208 Å². The molecule has 0 bridgehead atoms. The van der Waals surface area contributed by atoms with Gasteiger partial charge in [-0.05, 0) is 42.3 Å². The molecule has 3 aromatic carbocycles. The van der Waals surface area contributed by atoms with Gasteiger partial charge in [-0.25, -0.2) is 9.59 Å². The number of benzene rings is 3. The van der Waals surface area contributed by atoms with Crippen LogP contribution in [0.5, 0.6) is 11.5 Å². The molecule has 0 fully saturated rings. The maximum Gasteiger partial charge on any atom is 0.337 e. The van der Waals surface area contributed by atoms with Crippen LogP contribution in [0, 0.1) is 0 Å². The molecule has 0 saturated carbocycles. The predicted octanol–water partition coefficient (Wildman–Crippen LogP) is 4.57. The molecule has 8 heteroatoms. The van der Waals surface area contributed by atoms with Crippen LogP contribution in [0.25, 0.3) is 0 Å². The van der Waals surface area contributed by atoms with E-state index in [0.29, 0.717) is 39.5 Å². The number of ether oxygens (including phenoxy) is 3. The molecule has 1 aliphatic rings. The fourth-order valence-corrected chi connectivity index (χ4v) is 3.99. The van der Waals surface area contributed by atoms with Gasteiger partial charge in [-0.2, -0.15) is 0 Å². The summed E-state index contributed by atoms with van der Waals surface area (Å²) in [6.07, 6.45) is 0. The number of rotatable bonds is 8. The zero-order chi connectivity index (χ0) is 25.7. The summed E-state index contributed by atoms with van der Waals surface area (Å²) in [7, 11) is 2.86. The van der Waals surface area contributed by atoms with Crippen LogP contribution in [-0.4, -0.2) is 32.0 Å². The van der Waals surface area contributed by atoms with Gasteiger partial charge in [0.05, 0.1) is 25.8 Å². The molecule has 3 aromatic rings. The first-order valence-electron chi connectivity index (χ1n) is 11.3. The summed E-state index contributed by atoms with van der Waals surface area (Å²) in [5.41, 5.74) is 3.45. The second kappa shape index (κ2) is 10.8. The molecule has 0 aliphatic carbocycles. The normalized spacial score (nSPS) is 15.0. The molecule has 1 unspecified atom stereocenters. The molecule has 0 saturated heterocycles. The van der Waals surface area contributed by atoms with Crippen molar-refractivity contribution in [3.8, 4) is 11.5 Å². The molecule has 1 atom stereocenters. The molecule has 0 radical (unpaired) electrons. The van der Waals surface area contributed by atoms with Gasteiger partial charge in [0.25, 0.3) is 0 Å². The molecule has 8 nitrogen and oxygen atoms in total. The number of hydrogen-bond acceptors (Lipinski definition) is 6. The molecule has 1 aliphatic heterocycles. The number of ketones is 1. The highest BCUT2D eigenvalue weighted by Gasteiger charge is 2.32. The van der Waals surface area contributed by atoms with Crippen LogP contribution < -0.4 is 20.1 Å². The largest absolute Gasteiger partial charge is 0.493 e. The standard InChI is InChI=1S/C28H26N2O6/c1-17-24(26(31)19-7-5-4-6-8-19)25(30-28(33)29-17)21-13-14-22(23(15-21)34-2)36-16-18-9-11-20(12-10-18)27(32)35-3/h4-15,25H,16H2,1-3H3,(H2,29,30,33). The number of methoxy groups -OCH3 is 2. The monoisotopic (exact) mass is 486 g/mol. The minimum absolute atomic E-state index is 0.180. The topological polar surface area (TPSA) is 103 Å². The third-order valence-corrected chi connectivity index (χ3v) is 5.84. The first-order valence-corrected chi connectivity index (χ1v) is 11.3. The number of urea groups is 1. The summed E-state index contributed by atoms with van der Waals surface area (Å²) < 4.78 is 16.2. The highest BCUT2D eigenvalue weighted by Crippen LogP contribution is 2.35. The molecule has 0 spiro atoms. The summed E-state index contributed by atoms with van der Waals surface area (Å²) in [5, 5.41) is 5.55. The smallest absolute Gasteiger partial charge is 0.337 e. The van der Waals surface area contributed by atoms with E-state index in [4.69, 9.17) is 14.2 Å². The summed E-state index contributed by atoms with van der Waals surface area (Å²) in [6.45, 7) is 1.96. The van der Waals surface area contributed by atoms with Gasteiger partial charge in [0.2, 0.25) is 0 Å². The van der Waals surface area contributed by atoms with Gasteiger partial charge in [0.15, 0.2) is 17.3 Å². The first kappa shape index (κ1) is 24.5. The Morgan fingerprint density at radius 1 is 0.889 bits per heavy atom. The number of Topliss-reactive ketones (excluding diaryl/α,β-unsaturated/α-hetero) is 1. The SMILES string of the molecule is COC(=O)c1ccc(COc2ccc(C3NC(=O)NC(C)=C3C(=O)c3ccccc3)cc2OC)cc1. The molecule has 0 aromatic heterocycles. The first-order chi connectivity index (χ1) is 17.4. The van der Waals surface area contributed by atoms with E-state index in [1.165, 1.54) is 14.2 Å². The maximum atomic E-state index is 13.3. The zero-order valence-corrected chi connectivity index (χ0v) is 20.2. The van der Waals surface area contributed by atoms with E-state index < -0.39 is 18.0 Å². The Kier molecular flexibility index (Phi) is 7.34. The molecule has 2 N–H and O–H groups in total. The summed E-state index contributed by atoms with van der Waals surface area (Å²) >= 11 is 0. The third kappa shape index (κ3) is 5.22. The lowest BCUT2D eigenvalue weighted by atomic mass is 9.89. The Hall–Kier alpha value is -4.59. The van der Waals surface area contributed by atoms with Gasteiger partial charge in [0, 0.05) is 16.8 Å². The van der Waals surface area contributed by atoms with E-state index in [-0.39, 0.29) is 12.4 Å². The zero-order valence-electron chi connectivity index (χ0n) is 20.2. The van der Waals surface area contributed by atoms with E-state index in [9.17, 15) is 14.4 Å². The van der Waals surface area contributed by atoms with Crippen LogP contribution >= 0.6 is 0 Å². The number of carbonyl (C=O) groups excluding carboxylic acids is 3. The van der Waals surface area contributed by atoms with Crippen molar-refractivity contribution < 1.29 is 28.6 Å². The number of allylic oxidation sites excluding steroid dienone is 1. The minimum Gasteiger partial charge on any atom is -0.493 e. The van der Waals surface area contributed by atoms with E-state index in [1.54, 1.807) is 73.7 Å². The van der Waals surface area contributed by atoms with Gasteiger partial charge in [-0.3, -0.25) is 4.79 Å². The predicted molar refractivity (Wildman–Crippen MR) is 133 cm³/mol. The van der Waals surface area contributed by atoms with Crippen LogP contribution in [0.2, 0.25) is 0 Å². The van der Waals surface area contributed by atoms with Gasteiger partial charge >= 0.3 is 12.0 Å². The lowest BCUT2D eigenvalue weighted by Crippen LogP contribution is -2.45. The summed E-state index contributed by atoms with van der Waals surface area (Å²) in [6, 6.07) is 20.1. The molecule has 4 rings (SSSR count). The van der Waals surface area contributed by atoms with Crippen molar-refractivity contribution in [3.05, 3.63) is 106 Å². The van der Waals surface area contributed by atoms with Crippen molar-refractivity contribution in [3.63, 3.8) is 0 Å². The average Bonchev–Trinajstić information content (AvgIpc) is 2.91. The number of carbonyl (C=O) groups is 3. The minimum atomic E-state index is -0.666. The molecular formula is C28H26N2O6. The Morgan fingerprint density at radius 3 is 2.28 bits per heavy atom. The number of nitrogens with one attached hydrogen (secondary N) is 2. The fraction of sp³-hybridized carbons (Fsp3) is 0.179. The van der Waals surface area contributed by atoms with Crippen LogP contribution in [0.3, 0.4) is 0 Å². The maximum absolute atomic E-state index is 13.3. The van der Waals surface area contributed by atoms with Gasteiger partial charge in [0.1, 0.15) is 6.61 Å². The molecule has 2 amide bonds. The van der Waals surface area contributed by atoms with Crippen molar-refractivity contribution in [1.29, 1.82) is 0 Å². The Balaban J connectivity index is 1.58. The van der Waals surface area contributed by atoms with Crippen LogP contribution in [-0.2, 0) is 11.3 Å². The van der Waals surface area contributed by atoms with E-state index in [0.717, 1.165) is 5.56 Å². The van der Waals surface area contributed by atoms with Crippen LogP contribution in [0.4, 0.5) is 4.79 Å². The van der Waals surface area contributed by atoms with Crippen molar-refractivity contribution in [2.75, 3.05) is 14.2 Å². The number of hydrogen-bond donors (Lipinski definition) is 2. The highest BCUT2D eigenvalue weighted by atomic mass is 16.5. The summed E-state index contributed by atoms with van der Waals surface area (Å²) in [4.78, 5) is 37.2. The third-order valence-electron chi connectivity index (χ3n) is 5.84. The van der Waals surface area contributed by atoms with Gasteiger partial charge in [-0.1, -0.05) is 48.5 Å². The van der Waals surface area contributed by atoms with E-state index in [2.05, 4.69) is 10.6 Å². The van der Waals surface area contributed by atoms with Crippen molar-refractivity contribution in [1.82, 2.24) is 10.6 Å². The Morgan fingerprint density at radius 2 is 1.61 bits per heavy atom. The summed E-state index contributed by atoms with van der Waals surface area (Å²) in [5.74, 6) is 0.366. The quantitative estimate of drug-likeness (QED) is 0.357. The van der Waals surface area contributed by atoms with Crippen LogP contribution in [0.1, 0.15) is 44.8 Å². The van der Waals surface area contributed by atoms with E-state index in [1.807, 2.05) is 6.07 Å². The molecular weight excluding hydrogens is 460 g/mol. The van der Waals surface area contributed by atoms with Crippen molar-refractivity contribution in [2.45, 2.75) is 19.6 Å². The lowest BCUT2D eigenvalue weighted by molar-refractivity contribution is 0.0600. The molecule has 184 valence electrons.